The monoisotopic (exact) mass is 660 g/mol. The van der Waals surface area contributed by atoms with Crippen LogP contribution in [-0.2, 0) is 35.1 Å². The van der Waals surface area contributed by atoms with Gasteiger partial charge in [-0.15, -0.1) is 6.58 Å². The number of carbonyl (C=O) groups is 2. The van der Waals surface area contributed by atoms with E-state index < -0.39 is 0 Å². The smallest absolute Gasteiger partial charge is 0.310 e. The highest BCUT2D eigenvalue weighted by molar-refractivity contribution is 5.75. The van der Waals surface area contributed by atoms with Gasteiger partial charge in [0.25, 0.3) is 0 Å². The molecule has 4 aliphatic carbocycles. The molecule has 6 rings (SSSR count). The highest BCUT2D eigenvalue weighted by Crippen LogP contribution is 2.75. The van der Waals surface area contributed by atoms with E-state index in [1.807, 2.05) is 30.3 Å². The minimum Gasteiger partial charge on any atom is -0.461 e. The zero-order valence-corrected chi connectivity index (χ0v) is 30.8. The summed E-state index contributed by atoms with van der Waals surface area (Å²) >= 11 is 0. The first-order valence-electron chi connectivity index (χ1n) is 18.6. The van der Waals surface area contributed by atoms with Crippen molar-refractivity contribution in [3.8, 4) is 0 Å². The zero-order chi connectivity index (χ0) is 34.7. The lowest BCUT2D eigenvalue weighted by molar-refractivity contribution is -0.265. The molecule has 1 aromatic rings. The Morgan fingerprint density at radius 3 is 2.42 bits per heavy atom. The lowest BCUT2D eigenvalue weighted by Crippen LogP contribution is -2.70. The van der Waals surface area contributed by atoms with Crippen LogP contribution in [0.2, 0.25) is 0 Å². The van der Waals surface area contributed by atoms with Crippen LogP contribution in [0.4, 0.5) is 0 Å². The van der Waals surface area contributed by atoms with E-state index in [4.69, 9.17) is 18.9 Å². The van der Waals surface area contributed by atoms with Crippen molar-refractivity contribution in [2.75, 3.05) is 19.8 Å². The molecule has 6 heteroatoms. The van der Waals surface area contributed by atoms with E-state index in [1.165, 1.54) is 12.5 Å². The van der Waals surface area contributed by atoms with Crippen molar-refractivity contribution in [3.63, 3.8) is 0 Å². The Balaban J connectivity index is 1.42. The highest BCUT2D eigenvalue weighted by Gasteiger charge is 2.72. The summed E-state index contributed by atoms with van der Waals surface area (Å²) < 4.78 is 25.4. The Kier molecular flexibility index (Phi) is 9.37. The first kappa shape index (κ1) is 35.4. The molecule has 1 aromatic carbocycles. The molecule has 1 saturated heterocycles. The second-order valence-electron chi connectivity index (χ2n) is 17.5. The molecule has 3 saturated carbocycles. The van der Waals surface area contributed by atoms with Crippen LogP contribution >= 0.6 is 0 Å². The van der Waals surface area contributed by atoms with Crippen LogP contribution in [0, 0.1) is 56.7 Å². The Morgan fingerprint density at radius 2 is 1.75 bits per heavy atom. The molecule has 11 atom stereocenters. The van der Waals surface area contributed by atoms with Gasteiger partial charge >= 0.3 is 11.9 Å². The van der Waals surface area contributed by atoms with Gasteiger partial charge in [0.15, 0.2) is 0 Å². The van der Waals surface area contributed by atoms with Crippen molar-refractivity contribution >= 4 is 11.9 Å². The fourth-order valence-electron chi connectivity index (χ4n) is 12.2. The van der Waals surface area contributed by atoms with Crippen LogP contribution in [0.5, 0.6) is 0 Å². The molecule has 1 heterocycles. The number of hydrogen-bond acceptors (Lipinski definition) is 6. The molecular formula is C42H60O6. The second kappa shape index (κ2) is 12.7. The summed E-state index contributed by atoms with van der Waals surface area (Å²) in [6.07, 6.45) is 9.42. The fourth-order valence-corrected chi connectivity index (χ4v) is 12.2. The van der Waals surface area contributed by atoms with Gasteiger partial charge in [0.05, 0.1) is 25.7 Å². The van der Waals surface area contributed by atoms with Crippen molar-refractivity contribution < 1.29 is 28.5 Å². The van der Waals surface area contributed by atoms with Gasteiger partial charge in [-0.1, -0.05) is 96.5 Å². The second-order valence-corrected chi connectivity index (χ2v) is 17.5. The van der Waals surface area contributed by atoms with Gasteiger partial charge < -0.3 is 18.9 Å². The van der Waals surface area contributed by atoms with E-state index in [1.54, 1.807) is 6.08 Å². The van der Waals surface area contributed by atoms with E-state index in [9.17, 15) is 9.59 Å². The maximum Gasteiger partial charge on any atom is 0.310 e. The van der Waals surface area contributed by atoms with Gasteiger partial charge in [-0.05, 0) is 84.0 Å². The molecule has 1 aliphatic heterocycles. The normalized spacial score (nSPS) is 42.4. The quantitative estimate of drug-likeness (QED) is 0.195. The molecule has 0 unspecified atom stereocenters. The third-order valence-electron chi connectivity index (χ3n) is 15.0. The number of hydrogen-bond donors (Lipinski definition) is 0. The molecule has 0 aromatic heterocycles. The van der Waals surface area contributed by atoms with Crippen molar-refractivity contribution in [3.05, 3.63) is 60.2 Å². The molecule has 5 aliphatic rings. The summed E-state index contributed by atoms with van der Waals surface area (Å²) in [6.45, 7) is 23.9. The number of ether oxygens (including phenoxy) is 4. The first-order valence-corrected chi connectivity index (χ1v) is 18.6. The third kappa shape index (κ3) is 5.25. The first-order chi connectivity index (χ1) is 22.7. The summed E-state index contributed by atoms with van der Waals surface area (Å²) in [7, 11) is 0. The molecule has 0 spiro atoms. The van der Waals surface area contributed by atoms with Crippen LogP contribution in [0.1, 0.15) is 99.5 Å². The Bertz CT molecular complexity index is 1420. The summed E-state index contributed by atoms with van der Waals surface area (Å²) in [5, 5.41) is 0. The maximum atomic E-state index is 14.7. The van der Waals surface area contributed by atoms with E-state index in [2.05, 4.69) is 61.1 Å². The lowest BCUT2D eigenvalue weighted by Gasteiger charge is -2.71. The number of rotatable bonds is 9. The summed E-state index contributed by atoms with van der Waals surface area (Å²) in [4.78, 5) is 27.2. The summed E-state index contributed by atoms with van der Waals surface area (Å²) in [6, 6.07) is 10.1. The van der Waals surface area contributed by atoms with E-state index in [0.717, 1.165) is 37.7 Å². The predicted molar refractivity (Wildman–Crippen MR) is 188 cm³/mol. The highest BCUT2D eigenvalue weighted by atomic mass is 16.6. The average Bonchev–Trinajstić information content (AvgIpc) is 3.03. The largest absolute Gasteiger partial charge is 0.461 e. The van der Waals surface area contributed by atoms with Gasteiger partial charge in [0.2, 0.25) is 0 Å². The Morgan fingerprint density at radius 1 is 1.02 bits per heavy atom. The molecule has 6 nitrogen and oxygen atoms in total. The third-order valence-corrected chi connectivity index (χ3v) is 15.0. The Hall–Kier alpha value is -2.44. The fraction of sp³-hybridized carbons (Fsp3) is 0.714. The van der Waals surface area contributed by atoms with Crippen LogP contribution in [0.15, 0.2) is 54.6 Å². The standard InChI is InChI=1S/C42H60O6/c1-10-22-46-36-33(48-29(5)43)23-42-26-45-25-39(36,7)34(42)17-16-31-32(42)18-19-41(9)35(37(44)47-24-30-14-12-11-13-15-30)38(6,28(4)27(2)3)20-21-40(31,41)8/h10-15,18,27-28,31,33-36H,1,16-17,19-26H2,2-9H3/t28-,31+,33-,34+,35-,36+,38-,39-,40-,41+,42+/m1/s1. The van der Waals surface area contributed by atoms with Crippen LogP contribution in [0.25, 0.3) is 0 Å². The molecule has 264 valence electrons. The molecule has 4 fully saturated rings. The molecule has 0 N–H and O–H groups in total. The van der Waals surface area contributed by atoms with Gasteiger partial charge in [-0.2, -0.15) is 0 Å². The van der Waals surface area contributed by atoms with Crippen LogP contribution < -0.4 is 0 Å². The van der Waals surface area contributed by atoms with E-state index in [-0.39, 0.29) is 57.1 Å². The minimum atomic E-state index is -0.351. The van der Waals surface area contributed by atoms with Gasteiger partial charge in [0, 0.05) is 17.8 Å². The van der Waals surface area contributed by atoms with E-state index in [0.29, 0.717) is 56.5 Å². The molecule has 2 bridgehead atoms. The Labute approximate surface area is 289 Å². The summed E-state index contributed by atoms with van der Waals surface area (Å²) in [5.41, 5.74) is 1.40. The number of fused-ring (bicyclic) bond motifs is 3. The van der Waals surface area contributed by atoms with Crippen molar-refractivity contribution in [1.82, 2.24) is 0 Å². The van der Waals surface area contributed by atoms with E-state index >= 15 is 0 Å². The molecule has 0 radical (unpaired) electrons. The molecule has 48 heavy (non-hydrogen) atoms. The van der Waals surface area contributed by atoms with Crippen molar-refractivity contribution in [1.29, 1.82) is 0 Å². The van der Waals surface area contributed by atoms with Gasteiger partial charge in [-0.25, -0.2) is 0 Å². The average molecular weight is 661 g/mol. The molecular weight excluding hydrogens is 600 g/mol. The van der Waals surface area contributed by atoms with Crippen molar-refractivity contribution in [2.45, 2.75) is 113 Å². The van der Waals surface area contributed by atoms with Gasteiger partial charge in [0.1, 0.15) is 18.8 Å². The maximum absolute atomic E-state index is 14.7. The predicted octanol–water partition coefficient (Wildman–Crippen LogP) is 8.74. The zero-order valence-electron chi connectivity index (χ0n) is 30.8. The molecule has 0 amide bonds. The van der Waals surface area contributed by atoms with Crippen LogP contribution in [-0.4, -0.2) is 44.0 Å². The SMILES string of the molecule is C=CCO[C@H]1[C@H](OC(C)=O)C[C@@]23COC[C@]1(C)[C@@H]2CC[C@H]1C3=CC[C@@]2(C)[C@H](C(=O)OCc3ccccc3)[C@@](C)([C@H](C)C(C)C)CC[C@]12C. The van der Waals surface area contributed by atoms with Gasteiger partial charge in [-0.3, -0.25) is 9.59 Å². The summed E-state index contributed by atoms with van der Waals surface area (Å²) in [5.74, 6) is 0.928. The topological polar surface area (TPSA) is 71.1 Å². The number of benzene rings is 1. The number of carbonyl (C=O) groups excluding carboxylic acids is 2. The number of esters is 2. The minimum absolute atomic E-state index is 0.0469. The van der Waals surface area contributed by atoms with Crippen LogP contribution in [0.3, 0.4) is 0 Å². The number of allylic oxidation sites excluding steroid dienone is 1. The van der Waals surface area contributed by atoms with Crippen molar-refractivity contribution in [2.24, 2.45) is 56.7 Å². The lowest BCUT2D eigenvalue weighted by atomic mass is 9.34.